The second-order valence-corrected chi connectivity index (χ2v) is 7.29. The van der Waals surface area contributed by atoms with E-state index in [0.717, 1.165) is 24.6 Å². The summed E-state index contributed by atoms with van der Waals surface area (Å²) in [5.41, 5.74) is 1.82. The van der Waals surface area contributed by atoms with E-state index in [1.165, 1.54) is 25.6 Å². The molecule has 7 heteroatoms. The summed E-state index contributed by atoms with van der Waals surface area (Å²) in [6.45, 7) is 2.25. The van der Waals surface area contributed by atoms with Crippen molar-refractivity contribution in [3.63, 3.8) is 0 Å². The molecule has 2 fully saturated rings. The molecule has 2 aromatic rings. The van der Waals surface area contributed by atoms with Crippen LogP contribution in [0.25, 0.3) is 0 Å². The summed E-state index contributed by atoms with van der Waals surface area (Å²) in [5.74, 6) is 0.858. The van der Waals surface area contributed by atoms with Gasteiger partial charge in [-0.15, -0.1) is 0 Å². The fourth-order valence-corrected chi connectivity index (χ4v) is 3.74. The lowest BCUT2D eigenvalue weighted by Crippen LogP contribution is -2.61. The van der Waals surface area contributed by atoms with Gasteiger partial charge in [-0.05, 0) is 31.0 Å². The molecule has 1 aliphatic heterocycles. The summed E-state index contributed by atoms with van der Waals surface area (Å²) in [4.78, 5) is 19.0. The van der Waals surface area contributed by atoms with Crippen LogP contribution < -0.4 is 5.32 Å². The number of halogens is 1. The Hall–Kier alpha value is -2.08. The Kier molecular flexibility index (Phi) is 3.72. The summed E-state index contributed by atoms with van der Waals surface area (Å²) >= 11 is 6.12. The summed E-state index contributed by atoms with van der Waals surface area (Å²) in [6, 6.07) is 5.39. The molecular weight excluding hydrogens is 326 g/mol. The molecule has 1 aromatic carbocycles. The molecule has 0 unspecified atom stereocenters. The van der Waals surface area contributed by atoms with E-state index in [-0.39, 0.29) is 5.91 Å². The summed E-state index contributed by atoms with van der Waals surface area (Å²) in [7, 11) is 1.84. The van der Waals surface area contributed by atoms with Gasteiger partial charge in [-0.3, -0.25) is 9.48 Å². The largest absolute Gasteiger partial charge is 0.377 e. The molecule has 1 spiro atoms. The maximum atomic E-state index is 12.9. The number of nitrogens with zero attached hydrogens (tertiary/aromatic N) is 4. The Labute approximate surface area is 145 Å². The van der Waals surface area contributed by atoms with Crippen molar-refractivity contribution >= 4 is 23.2 Å². The van der Waals surface area contributed by atoms with E-state index in [4.69, 9.17) is 11.6 Å². The van der Waals surface area contributed by atoms with Crippen LogP contribution in [-0.4, -0.2) is 38.7 Å². The standard InChI is InChI=1S/C17H20ClN5O/c1-22-15(20-11-21-22)8-19-14-4-3-12(18)7-13(14)16(24)23-9-17(10-23)5-2-6-17/h3-4,7,11,19H,2,5-6,8-10H2,1H3. The van der Waals surface area contributed by atoms with Crippen LogP contribution in [-0.2, 0) is 13.6 Å². The van der Waals surface area contributed by atoms with Gasteiger partial charge in [0.1, 0.15) is 12.2 Å². The zero-order chi connectivity index (χ0) is 16.7. The monoisotopic (exact) mass is 345 g/mol. The Morgan fingerprint density at radius 2 is 2.17 bits per heavy atom. The molecule has 6 nitrogen and oxygen atoms in total. The number of aryl methyl sites for hydroxylation is 1. The van der Waals surface area contributed by atoms with Crippen molar-refractivity contribution in [2.75, 3.05) is 18.4 Å². The number of carbonyl (C=O) groups is 1. The highest BCUT2D eigenvalue weighted by atomic mass is 35.5. The maximum Gasteiger partial charge on any atom is 0.256 e. The Balaban J connectivity index is 1.50. The fourth-order valence-electron chi connectivity index (χ4n) is 3.57. The number of aromatic nitrogens is 3. The molecule has 2 aliphatic rings. The van der Waals surface area contributed by atoms with Crippen molar-refractivity contribution in [1.82, 2.24) is 19.7 Å². The number of hydrogen-bond acceptors (Lipinski definition) is 4. The van der Waals surface area contributed by atoms with Gasteiger partial charge in [0.15, 0.2) is 0 Å². The third-order valence-electron chi connectivity index (χ3n) is 5.21. The van der Waals surface area contributed by atoms with Crippen molar-refractivity contribution in [1.29, 1.82) is 0 Å². The summed E-state index contributed by atoms with van der Waals surface area (Å²) < 4.78 is 1.71. The fraction of sp³-hybridized carbons (Fsp3) is 0.471. The Morgan fingerprint density at radius 3 is 2.79 bits per heavy atom. The first-order valence-electron chi connectivity index (χ1n) is 8.22. The number of anilines is 1. The van der Waals surface area contributed by atoms with Crippen LogP contribution in [0.1, 0.15) is 35.4 Å². The first kappa shape index (κ1) is 15.4. The highest BCUT2D eigenvalue weighted by Gasteiger charge is 2.49. The first-order valence-corrected chi connectivity index (χ1v) is 8.60. The van der Waals surface area contributed by atoms with E-state index < -0.39 is 0 Å². The zero-order valence-corrected chi connectivity index (χ0v) is 14.4. The van der Waals surface area contributed by atoms with E-state index in [0.29, 0.717) is 22.5 Å². The third kappa shape index (κ3) is 2.65. The van der Waals surface area contributed by atoms with Crippen LogP contribution in [0.3, 0.4) is 0 Å². The molecule has 1 saturated heterocycles. The van der Waals surface area contributed by atoms with Crippen LogP contribution in [0.5, 0.6) is 0 Å². The number of carbonyl (C=O) groups excluding carboxylic acids is 1. The predicted octanol–water partition coefficient (Wildman–Crippen LogP) is 2.71. The predicted molar refractivity (Wildman–Crippen MR) is 92.0 cm³/mol. The normalized spacial score (nSPS) is 18.2. The Morgan fingerprint density at radius 1 is 1.38 bits per heavy atom. The number of likely N-dealkylation sites (tertiary alicyclic amines) is 1. The molecule has 0 bridgehead atoms. The van der Waals surface area contributed by atoms with Gasteiger partial charge in [0.2, 0.25) is 0 Å². The molecule has 0 radical (unpaired) electrons. The van der Waals surface area contributed by atoms with Gasteiger partial charge in [0, 0.05) is 36.3 Å². The molecule has 1 N–H and O–H groups in total. The number of rotatable bonds is 4. The topological polar surface area (TPSA) is 63.1 Å². The van der Waals surface area contributed by atoms with Crippen LogP contribution >= 0.6 is 11.6 Å². The first-order chi connectivity index (χ1) is 11.6. The third-order valence-corrected chi connectivity index (χ3v) is 5.44. The SMILES string of the molecule is Cn1ncnc1CNc1ccc(Cl)cc1C(=O)N1CC2(CCC2)C1. The molecule has 1 saturated carbocycles. The minimum absolute atomic E-state index is 0.0514. The van der Waals surface area contributed by atoms with E-state index in [1.54, 1.807) is 16.8 Å². The molecule has 1 amide bonds. The van der Waals surface area contributed by atoms with Crippen molar-refractivity contribution in [2.45, 2.75) is 25.8 Å². The molecule has 126 valence electrons. The molecule has 2 heterocycles. The smallest absolute Gasteiger partial charge is 0.256 e. The molecule has 0 atom stereocenters. The van der Waals surface area contributed by atoms with Gasteiger partial charge in [-0.25, -0.2) is 4.98 Å². The van der Waals surface area contributed by atoms with Crippen LogP contribution in [0.15, 0.2) is 24.5 Å². The van der Waals surface area contributed by atoms with Gasteiger partial charge < -0.3 is 10.2 Å². The quantitative estimate of drug-likeness (QED) is 0.925. The molecular formula is C17H20ClN5O. The summed E-state index contributed by atoms with van der Waals surface area (Å²) in [6.07, 6.45) is 5.32. The van der Waals surface area contributed by atoms with Crippen LogP contribution in [0.2, 0.25) is 5.02 Å². The average molecular weight is 346 g/mol. The molecule has 4 rings (SSSR count). The number of hydrogen-bond donors (Lipinski definition) is 1. The zero-order valence-electron chi connectivity index (χ0n) is 13.6. The van der Waals surface area contributed by atoms with Crippen molar-refractivity contribution in [3.8, 4) is 0 Å². The van der Waals surface area contributed by atoms with Crippen molar-refractivity contribution in [2.24, 2.45) is 12.5 Å². The van der Waals surface area contributed by atoms with Crippen molar-refractivity contribution < 1.29 is 4.79 Å². The molecule has 1 aliphatic carbocycles. The Bertz CT molecular complexity index is 775. The number of nitrogens with one attached hydrogen (secondary N) is 1. The molecule has 1 aromatic heterocycles. The van der Waals surface area contributed by atoms with Crippen LogP contribution in [0, 0.1) is 5.41 Å². The number of amides is 1. The van der Waals surface area contributed by atoms with E-state index in [9.17, 15) is 4.79 Å². The maximum absolute atomic E-state index is 12.9. The minimum Gasteiger partial charge on any atom is -0.377 e. The summed E-state index contributed by atoms with van der Waals surface area (Å²) in [5, 5.41) is 7.91. The molecule has 24 heavy (non-hydrogen) atoms. The van der Waals surface area contributed by atoms with Gasteiger partial charge in [-0.2, -0.15) is 5.10 Å². The highest BCUT2D eigenvalue weighted by molar-refractivity contribution is 6.31. The lowest BCUT2D eigenvalue weighted by molar-refractivity contribution is -0.0425. The lowest BCUT2D eigenvalue weighted by Gasteiger charge is -2.56. The van der Waals surface area contributed by atoms with Crippen LogP contribution in [0.4, 0.5) is 5.69 Å². The van der Waals surface area contributed by atoms with Gasteiger partial charge >= 0.3 is 0 Å². The number of benzene rings is 1. The van der Waals surface area contributed by atoms with E-state index in [1.807, 2.05) is 18.0 Å². The highest BCUT2D eigenvalue weighted by Crippen LogP contribution is 2.48. The minimum atomic E-state index is 0.0514. The van der Waals surface area contributed by atoms with Crippen molar-refractivity contribution in [3.05, 3.63) is 40.9 Å². The van der Waals surface area contributed by atoms with E-state index >= 15 is 0 Å². The van der Waals surface area contributed by atoms with E-state index in [2.05, 4.69) is 15.4 Å². The van der Waals surface area contributed by atoms with Gasteiger partial charge in [0.05, 0.1) is 12.1 Å². The second kappa shape index (κ2) is 5.77. The lowest BCUT2D eigenvalue weighted by atomic mass is 9.63. The average Bonchev–Trinajstić information content (AvgIpc) is 2.88. The second-order valence-electron chi connectivity index (χ2n) is 6.86. The van der Waals surface area contributed by atoms with Gasteiger partial charge in [0.25, 0.3) is 5.91 Å². The van der Waals surface area contributed by atoms with Gasteiger partial charge in [-0.1, -0.05) is 18.0 Å².